The first-order valence-electron chi connectivity index (χ1n) is 11.6. The lowest BCUT2D eigenvalue weighted by molar-refractivity contribution is 0.103. The van der Waals surface area contributed by atoms with E-state index in [1.807, 2.05) is 24.3 Å². The van der Waals surface area contributed by atoms with Crippen molar-refractivity contribution in [2.45, 2.75) is 56.9 Å². The number of rotatable bonds is 6. The average molecular weight is 417 g/mol. The first kappa shape index (κ1) is 21.6. The summed E-state index contributed by atoms with van der Waals surface area (Å²) in [4.78, 5) is 15.4. The highest BCUT2D eigenvalue weighted by Gasteiger charge is 2.31. The first-order valence-corrected chi connectivity index (χ1v) is 11.6. The highest BCUT2D eigenvalue weighted by atomic mass is 16.5. The number of ketones is 1. The Morgan fingerprint density at radius 1 is 0.935 bits per heavy atom. The molecule has 0 bridgehead atoms. The predicted molar refractivity (Wildman–Crippen MR) is 122 cm³/mol. The molecule has 2 fully saturated rings. The molecule has 0 amide bonds. The summed E-state index contributed by atoms with van der Waals surface area (Å²) in [5, 5.41) is 9.91. The molecule has 4 rings (SSSR count). The number of likely N-dealkylation sites (tertiary alicyclic amines) is 1. The number of hydrogen-bond acceptors (Lipinski definition) is 4. The Morgan fingerprint density at radius 2 is 1.52 bits per heavy atom. The van der Waals surface area contributed by atoms with Crippen molar-refractivity contribution >= 4 is 5.78 Å². The van der Waals surface area contributed by atoms with Crippen molar-refractivity contribution in [3.8, 4) is 11.8 Å². The topological polar surface area (TPSA) is 53.3 Å². The van der Waals surface area contributed by atoms with Gasteiger partial charge in [0.05, 0.1) is 19.1 Å². The lowest BCUT2D eigenvalue weighted by atomic mass is 9.80. The van der Waals surface area contributed by atoms with E-state index in [1.165, 1.54) is 32.1 Å². The Morgan fingerprint density at radius 3 is 2.06 bits per heavy atom. The third-order valence-corrected chi connectivity index (χ3v) is 7.16. The highest BCUT2D eigenvalue weighted by Crippen LogP contribution is 2.35. The molecule has 2 aliphatic rings. The van der Waals surface area contributed by atoms with Gasteiger partial charge < -0.3 is 9.64 Å². The summed E-state index contributed by atoms with van der Waals surface area (Å²) in [6.45, 7) is 2.23. The average Bonchev–Trinajstić information content (AvgIpc) is 2.85. The molecule has 1 unspecified atom stereocenters. The van der Waals surface area contributed by atoms with Crippen molar-refractivity contribution in [1.29, 1.82) is 5.26 Å². The van der Waals surface area contributed by atoms with E-state index < -0.39 is 0 Å². The third-order valence-electron chi connectivity index (χ3n) is 7.16. The van der Waals surface area contributed by atoms with Gasteiger partial charge in [-0.05, 0) is 74.5 Å². The van der Waals surface area contributed by atoms with E-state index in [9.17, 15) is 10.1 Å². The molecule has 1 aliphatic heterocycles. The predicted octanol–water partition coefficient (Wildman–Crippen LogP) is 5.58. The smallest absolute Gasteiger partial charge is 0.193 e. The molecule has 2 aromatic rings. The van der Waals surface area contributed by atoms with Crippen molar-refractivity contribution in [3.05, 3.63) is 65.2 Å². The van der Waals surface area contributed by atoms with E-state index in [0.29, 0.717) is 17.0 Å². The van der Waals surface area contributed by atoms with Gasteiger partial charge in [-0.25, -0.2) is 0 Å². The Balaban J connectivity index is 1.39. The second kappa shape index (κ2) is 10.1. The molecule has 1 saturated carbocycles. The summed E-state index contributed by atoms with van der Waals surface area (Å²) < 4.78 is 5.16. The van der Waals surface area contributed by atoms with Crippen LogP contribution >= 0.6 is 0 Å². The van der Waals surface area contributed by atoms with Crippen molar-refractivity contribution in [2.24, 2.45) is 5.92 Å². The number of benzene rings is 2. The van der Waals surface area contributed by atoms with Crippen LogP contribution in [0.3, 0.4) is 0 Å². The second-order valence-electron chi connectivity index (χ2n) is 8.95. The molecule has 0 radical (unpaired) electrons. The fraction of sp³-hybridized carbons (Fsp3) is 0.481. The molecular weight excluding hydrogens is 384 g/mol. The van der Waals surface area contributed by atoms with E-state index in [-0.39, 0.29) is 11.7 Å². The van der Waals surface area contributed by atoms with Gasteiger partial charge in [0.2, 0.25) is 0 Å². The fourth-order valence-corrected chi connectivity index (χ4v) is 5.27. The quantitative estimate of drug-likeness (QED) is 0.577. The number of piperidine rings is 1. The minimum Gasteiger partial charge on any atom is -0.497 e. The molecular formula is C27H32N2O2. The van der Waals surface area contributed by atoms with Crippen molar-refractivity contribution in [1.82, 2.24) is 4.90 Å². The van der Waals surface area contributed by atoms with Gasteiger partial charge >= 0.3 is 0 Å². The molecule has 4 nitrogen and oxygen atoms in total. The maximum atomic E-state index is 12.8. The summed E-state index contributed by atoms with van der Waals surface area (Å²) in [5.41, 5.74) is 2.32. The van der Waals surface area contributed by atoms with Crippen LogP contribution < -0.4 is 4.74 Å². The fourth-order valence-electron chi connectivity index (χ4n) is 5.27. The lowest BCUT2D eigenvalue weighted by Crippen LogP contribution is -2.43. The highest BCUT2D eigenvalue weighted by molar-refractivity contribution is 6.09. The molecule has 0 N–H and O–H groups in total. The SMILES string of the molecule is COc1ccc(C(=O)c2ccc(C(C#N)C3CCN(C4CCCCC4)CC3)cc2)cc1. The maximum absolute atomic E-state index is 12.8. The Bertz CT molecular complexity index is 900. The van der Waals surface area contributed by atoms with Crippen molar-refractivity contribution < 1.29 is 9.53 Å². The van der Waals surface area contributed by atoms with Crippen molar-refractivity contribution in [2.75, 3.05) is 20.2 Å². The molecule has 162 valence electrons. The number of nitriles is 1. The van der Waals surface area contributed by atoms with Gasteiger partial charge in [0.25, 0.3) is 0 Å². The van der Waals surface area contributed by atoms with Crippen LogP contribution in [0.1, 0.15) is 72.3 Å². The summed E-state index contributed by atoms with van der Waals surface area (Å²) in [7, 11) is 1.61. The second-order valence-corrected chi connectivity index (χ2v) is 8.95. The summed E-state index contributed by atoms with van der Waals surface area (Å²) in [6.07, 6.45) is 8.98. The van der Waals surface area contributed by atoms with Gasteiger partial charge in [-0.15, -0.1) is 0 Å². The number of hydrogen-bond donors (Lipinski definition) is 0. The minimum absolute atomic E-state index is 0.0106. The third kappa shape index (κ3) is 4.99. The van der Waals surface area contributed by atoms with Crippen LogP contribution in [0.4, 0.5) is 0 Å². The normalized spacial score (nSPS) is 19.5. The van der Waals surface area contributed by atoms with Gasteiger partial charge in [0.1, 0.15) is 5.75 Å². The molecule has 1 heterocycles. The monoisotopic (exact) mass is 416 g/mol. The largest absolute Gasteiger partial charge is 0.497 e. The van der Waals surface area contributed by atoms with Crippen molar-refractivity contribution in [3.63, 3.8) is 0 Å². The number of methoxy groups -OCH3 is 1. The maximum Gasteiger partial charge on any atom is 0.193 e. The van der Waals surface area contributed by atoms with Crippen LogP contribution in [0.5, 0.6) is 5.75 Å². The number of carbonyl (C=O) groups is 1. The van der Waals surface area contributed by atoms with E-state index in [1.54, 1.807) is 31.4 Å². The van der Waals surface area contributed by atoms with Gasteiger partial charge in [-0.1, -0.05) is 43.5 Å². The van der Waals surface area contributed by atoms with E-state index >= 15 is 0 Å². The molecule has 1 atom stereocenters. The number of carbonyl (C=O) groups excluding carboxylic acids is 1. The van der Waals surface area contributed by atoms with E-state index in [2.05, 4.69) is 11.0 Å². The van der Waals surface area contributed by atoms with Crippen LogP contribution in [0, 0.1) is 17.2 Å². The zero-order chi connectivity index (χ0) is 21.6. The summed E-state index contributed by atoms with van der Waals surface area (Å²) in [6, 6.07) is 18.2. The van der Waals surface area contributed by atoms with Gasteiger partial charge in [0.15, 0.2) is 5.78 Å². The summed E-state index contributed by atoms with van der Waals surface area (Å²) in [5.74, 6) is 1.02. The number of nitrogens with zero attached hydrogens (tertiary/aromatic N) is 2. The number of ether oxygens (including phenoxy) is 1. The van der Waals surface area contributed by atoms with Crippen LogP contribution in [-0.4, -0.2) is 36.9 Å². The van der Waals surface area contributed by atoms with Crippen LogP contribution in [0.2, 0.25) is 0 Å². The summed E-state index contributed by atoms with van der Waals surface area (Å²) >= 11 is 0. The molecule has 31 heavy (non-hydrogen) atoms. The van der Waals surface area contributed by atoms with E-state index in [4.69, 9.17) is 4.74 Å². The first-order chi connectivity index (χ1) is 15.2. The lowest BCUT2D eigenvalue weighted by Gasteiger charge is -2.40. The van der Waals surface area contributed by atoms with Crippen LogP contribution in [0.25, 0.3) is 0 Å². The zero-order valence-corrected chi connectivity index (χ0v) is 18.4. The van der Waals surface area contributed by atoms with Crippen LogP contribution in [-0.2, 0) is 0 Å². The molecule has 2 aromatic carbocycles. The van der Waals surface area contributed by atoms with Gasteiger partial charge in [-0.3, -0.25) is 4.79 Å². The zero-order valence-electron chi connectivity index (χ0n) is 18.4. The minimum atomic E-state index is -0.0985. The van der Waals surface area contributed by atoms with Crippen LogP contribution in [0.15, 0.2) is 48.5 Å². The standard InChI is InChI=1S/C27H32N2O2/c1-31-25-13-11-23(12-14-25)27(30)22-9-7-20(8-10-22)26(19-28)21-15-17-29(18-16-21)24-5-3-2-4-6-24/h7-14,21,24,26H,2-6,15-18H2,1H3. The molecule has 1 aliphatic carbocycles. The Kier molecular flexibility index (Phi) is 7.04. The molecule has 0 aromatic heterocycles. The van der Waals surface area contributed by atoms with Gasteiger partial charge in [0, 0.05) is 17.2 Å². The Labute approximate surface area is 185 Å². The van der Waals surface area contributed by atoms with E-state index in [0.717, 1.165) is 43.3 Å². The molecule has 0 spiro atoms. The Hall–Kier alpha value is -2.64. The van der Waals surface area contributed by atoms with Gasteiger partial charge in [-0.2, -0.15) is 5.26 Å². The molecule has 4 heteroatoms. The molecule has 1 saturated heterocycles.